The molecule has 1 nitrogen and oxygen atoms in total. The molecule has 1 aliphatic heterocycles. The Morgan fingerprint density at radius 2 is 0.963 bits per heavy atom. The molecule has 254 valence electrons. The van der Waals surface area contributed by atoms with Gasteiger partial charge in [0.05, 0.1) is 0 Å². The van der Waals surface area contributed by atoms with Crippen molar-refractivity contribution in [2.75, 3.05) is 0 Å². The molecular formula is C53H36O. The number of hydrogen-bond donors (Lipinski definition) is 0. The van der Waals surface area contributed by atoms with Crippen LogP contribution in [-0.4, -0.2) is 0 Å². The third kappa shape index (κ3) is 4.58. The van der Waals surface area contributed by atoms with Crippen LogP contribution in [0.3, 0.4) is 0 Å². The molecule has 9 aromatic carbocycles. The average Bonchev–Trinajstić information content (AvgIpc) is 3.47. The molecule has 0 saturated heterocycles. The fourth-order valence-electron chi connectivity index (χ4n) is 9.22. The quantitative estimate of drug-likeness (QED) is 0.179. The Labute approximate surface area is 315 Å². The summed E-state index contributed by atoms with van der Waals surface area (Å²) in [7, 11) is 0. The van der Waals surface area contributed by atoms with E-state index in [0.29, 0.717) is 0 Å². The Balaban J connectivity index is 1.12. The van der Waals surface area contributed by atoms with E-state index in [4.69, 9.17) is 4.74 Å². The lowest BCUT2D eigenvalue weighted by Crippen LogP contribution is -2.15. The van der Waals surface area contributed by atoms with Crippen molar-refractivity contribution in [2.24, 2.45) is 0 Å². The SMILES string of the molecule is CC1(C)c2ccccc2-c2c1cc(-c1cc(-c3ccccc3)cc(-c3ccc4c(c3)-c3cccc5c(-c6ccccc6)ccc(c35)O4)c1)c1ccccc21. The normalized spacial score (nSPS) is 13.3. The van der Waals surface area contributed by atoms with Gasteiger partial charge in [-0.25, -0.2) is 0 Å². The minimum absolute atomic E-state index is 0.110. The van der Waals surface area contributed by atoms with Gasteiger partial charge >= 0.3 is 0 Å². The molecule has 0 spiro atoms. The van der Waals surface area contributed by atoms with Crippen LogP contribution in [0.2, 0.25) is 0 Å². The summed E-state index contributed by atoms with van der Waals surface area (Å²) >= 11 is 0. The second-order valence-electron chi connectivity index (χ2n) is 15.2. The molecular weight excluding hydrogens is 653 g/mol. The summed E-state index contributed by atoms with van der Waals surface area (Å²) < 4.78 is 6.65. The fraction of sp³-hybridized carbons (Fsp3) is 0.0566. The van der Waals surface area contributed by atoms with Gasteiger partial charge in [0.1, 0.15) is 11.5 Å². The largest absolute Gasteiger partial charge is 0.456 e. The van der Waals surface area contributed by atoms with Crippen LogP contribution in [-0.2, 0) is 5.41 Å². The molecule has 0 unspecified atom stereocenters. The number of ether oxygens (including phenoxy) is 1. The minimum atomic E-state index is -0.110. The zero-order valence-corrected chi connectivity index (χ0v) is 30.2. The molecule has 0 N–H and O–H groups in total. The molecule has 0 bridgehead atoms. The van der Waals surface area contributed by atoms with Gasteiger partial charge in [-0.1, -0.05) is 153 Å². The van der Waals surface area contributed by atoms with Crippen LogP contribution in [0, 0.1) is 0 Å². The molecule has 0 atom stereocenters. The van der Waals surface area contributed by atoms with E-state index in [0.717, 1.165) is 28.0 Å². The molecule has 0 aromatic heterocycles. The van der Waals surface area contributed by atoms with Crippen LogP contribution in [0.25, 0.3) is 88.3 Å². The maximum absolute atomic E-state index is 6.65. The van der Waals surface area contributed by atoms with E-state index >= 15 is 0 Å². The Bertz CT molecular complexity index is 2970. The molecule has 2 aliphatic rings. The molecule has 0 fully saturated rings. The Hall–Kier alpha value is -6.70. The molecule has 0 radical (unpaired) electrons. The van der Waals surface area contributed by atoms with Crippen LogP contribution >= 0.6 is 0 Å². The van der Waals surface area contributed by atoms with Crippen molar-refractivity contribution in [2.45, 2.75) is 19.3 Å². The van der Waals surface area contributed by atoms with Gasteiger partial charge in [-0.15, -0.1) is 0 Å². The second kappa shape index (κ2) is 11.7. The van der Waals surface area contributed by atoms with Crippen molar-refractivity contribution in [3.63, 3.8) is 0 Å². The van der Waals surface area contributed by atoms with Gasteiger partial charge in [0, 0.05) is 16.4 Å². The van der Waals surface area contributed by atoms with Crippen LogP contribution in [0.4, 0.5) is 0 Å². The predicted molar refractivity (Wildman–Crippen MR) is 226 cm³/mol. The molecule has 0 saturated carbocycles. The maximum Gasteiger partial charge on any atom is 0.135 e. The predicted octanol–water partition coefficient (Wildman–Crippen LogP) is 14.7. The Kier molecular flexibility index (Phi) is 6.66. The summed E-state index contributed by atoms with van der Waals surface area (Å²) in [5.41, 5.74) is 17.3. The summed E-state index contributed by atoms with van der Waals surface area (Å²) in [4.78, 5) is 0. The van der Waals surface area contributed by atoms with E-state index in [2.05, 4.69) is 196 Å². The van der Waals surface area contributed by atoms with Gasteiger partial charge in [0.15, 0.2) is 0 Å². The first-order chi connectivity index (χ1) is 26.5. The zero-order chi connectivity index (χ0) is 36.0. The van der Waals surface area contributed by atoms with Crippen molar-refractivity contribution in [3.05, 3.63) is 193 Å². The Morgan fingerprint density at radius 1 is 0.333 bits per heavy atom. The van der Waals surface area contributed by atoms with Gasteiger partial charge in [-0.2, -0.15) is 0 Å². The second-order valence-corrected chi connectivity index (χ2v) is 15.2. The number of benzene rings is 9. The zero-order valence-electron chi connectivity index (χ0n) is 30.2. The highest BCUT2D eigenvalue weighted by Gasteiger charge is 2.37. The monoisotopic (exact) mass is 688 g/mol. The highest BCUT2D eigenvalue weighted by Crippen LogP contribution is 2.54. The maximum atomic E-state index is 6.65. The summed E-state index contributed by atoms with van der Waals surface area (Å²) in [5, 5.41) is 4.95. The molecule has 1 aliphatic carbocycles. The summed E-state index contributed by atoms with van der Waals surface area (Å²) in [6.45, 7) is 4.75. The number of hydrogen-bond acceptors (Lipinski definition) is 1. The van der Waals surface area contributed by atoms with E-state index in [-0.39, 0.29) is 5.41 Å². The van der Waals surface area contributed by atoms with Crippen molar-refractivity contribution < 1.29 is 4.74 Å². The van der Waals surface area contributed by atoms with E-state index in [1.807, 2.05) is 0 Å². The first kappa shape index (κ1) is 30.9. The molecule has 11 rings (SSSR count). The average molecular weight is 689 g/mol. The van der Waals surface area contributed by atoms with Crippen LogP contribution < -0.4 is 4.74 Å². The highest BCUT2D eigenvalue weighted by atomic mass is 16.5. The van der Waals surface area contributed by atoms with Crippen LogP contribution in [0.5, 0.6) is 11.5 Å². The Morgan fingerprint density at radius 3 is 1.78 bits per heavy atom. The van der Waals surface area contributed by atoms with Crippen molar-refractivity contribution in [1.29, 1.82) is 0 Å². The van der Waals surface area contributed by atoms with Gasteiger partial charge in [-0.3, -0.25) is 0 Å². The summed E-state index contributed by atoms with van der Waals surface area (Å²) in [6, 6.07) is 66.6. The third-order valence-corrected chi connectivity index (χ3v) is 11.8. The van der Waals surface area contributed by atoms with Crippen molar-refractivity contribution in [3.8, 4) is 78.3 Å². The lowest BCUT2D eigenvalue weighted by molar-refractivity contribution is 0.487. The molecule has 0 amide bonds. The molecule has 54 heavy (non-hydrogen) atoms. The van der Waals surface area contributed by atoms with E-state index in [9.17, 15) is 0 Å². The molecule has 9 aromatic rings. The van der Waals surface area contributed by atoms with Gasteiger partial charge in [-0.05, 0) is 131 Å². The summed E-state index contributed by atoms with van der Waals surface area (Å²) in [6.07, 6.45) is 0. The summed E-state index contributed by atoms with van der Waals surface area (Å²) in [5.74, 6) is 1.79. The molecule has 1 heterocycles. The molecule has 1 heteroatoms. The van der Waals surface area contributed by atoms with Gasteiger partial charge in [0.2, 0.25) is 0 Å². The van der Waals surface area contributed by atoms with Crippen LogP contribution in [0.15, 0.2) is 182 Å². The minimum Gasteiger partial charge on any atom is -0.456 e. The lowest BCUT2D eigenvalue weighted by Gasteiger charge is -2.24. The smallest absolute Gasteiger partial charge is 0.135 e. The van der Waals surface area contributed by atoms with E-state index in [1.165, 1.54) is 82.9 Å². The number of fused-ring (bicyclic) bond motifs is 7. The van der Waals surface area contributed by atoms with Gasteiger partial charge < -0.3 is 4.74 Å². The number of rotatable bonds is 4. The van der Waals surface area contributed by atoms with Gasteiger partial charge in [0.25, 0.3) is 0 Å². The standard InChI is InChI=1S/C53H36O/c1-53(2)47-23-12-11-20-44(47)51-42-19-10-9-18-40(42)45(32-48(51)53)38-29-36(33-14-5-3-6-15-33)28-37(30-38)35-24-26-49-46(31-35)43-22-13-21-41-39(34-16-7-4-8-17-34)25-27-50(54-49)52(41)43/h3-32H,1-2H3. The first-order valence-electron chi connectivity index (χ1n) is 18.8. The first-order valence-corrected chi connectivity index (χ1v) is 18.8. The van der Waals surface area contributed by atoms with Crippen molar-refractivity contribution in [1.82, 2.24) is 0 Å². The highest BCUT2D eigenvalue weighted by molar-refractivity contribution is 6.11. The fourth-order valence-corrected chi connectivity index (χ4v) is 9.22. The third-order valence-electron chi connectivity index (χ3n) is 11.8. The van der Waals surface area contributed by atoms with E-state index < -0.39 is 0 Å². The topological polar surface area (TPSA) is 9.23 Å². The van der Waals surface area contributed by atoms with Crippen LogP contribution in [0.1, 0.15) is 25.0 Å². The lowest BCUT2D eigenvalue weighted by atomic mass is 9.80. The van der Waals surface area contributed by atoms with Crippen molar-refractivity contribution >= 4 is 21.5 Å². The van der Waals surface area contributed by atoms with E-state index in [1.54, 1.807) is 0 Å².